The molecule has 0 atom stereocenters. The van der Waals surface area contributed by atoms with E-state index in [4.69, 9.17) is 18.9 Å². The van der Waals surface area contributed by atoms with Crippen LogP contribution in [0.3, 0.4) is 0 Å². The van der Waals surface area contributed by atoms with Gasteiger partial charge in [-0.1, -0.05) is 6.07 Å². The summed E-state index contributed by atoms with van der Waals surface area (Å²) in [6.45, 7) is 0.679. The van der Waals surface area contributed by atoms with Gasteiger partial charge in [0.2, 0.25) is 11.0 Å². The Kier molecular flexibility index (Phi) is 9.09. The van der Waals surface area contributed by atoms with Gasteiger partial charge in [-0.05, 0) is 12.1 Å². The Labute approximate surface area is 266 Å². The Bertz CT molecular complexity index is 1740. The number of methoxy groups -OCH3 is 4. The summed E-state index contributed by atoms with van der Waals surface area (Å²) in [5.41, 5.74) is 7.78. The minimum atomic E-state index is 0.679. The first-order chi connectivity index (χ1) is 21.6. The van der Waals surface area contributed by atoms with Gasteiger partial charge in [0.1, 0.15) is 23.0 Å². The highest BCUT2D eigenvalue weighted by atomic mass is 16.5. The van der Waals surface area contributed by atoms with Gasteiger partial charge in [-0.3, -0.25) is 4.98 Å². The second-order valence-corrected chi connectivity index (χ2v) is 11.6. The van der Waals surface area contributed by atoms with E-state index < -0.39 is 0 Å². The summed E-state index contributed by atoms with van der Waals surface area (Å²) in [5, 5.41) is 1.86. The molecule has 3 aromatic carbocycles. The molecular formula is C36H44N5O4+. The molecule has 0 bridgehead atoms. The quantitative estimate of drug-likeness (QED) is 0.137. The number of aryl methyl sites for hydroxylation is 2. The summed E-state index contributed by atoms with van der Waals surface area (Å²) in [7, 11) is 19.0. The molecule has 9 nitrogen and oxygen atoms in total. The number of nitrogens with zero attached hydrogens (tertiary/aromatic N) is 5. The first kappa shape index (κ1) is 31.5. The van der Waals surface area contributed by atoms with Crippen molar-refractivity contribution in [1.29, 1.82) is 0 Å². The minimum Gasteiger partial charge on any atom is -0.496 e. The van der Waals surface area contributed by atoms with Gasteiger partial charge in [-0.25, -0.2) is 0 Å². The smallest absolute Gasteiger partial charge is 0.219 e. The van der Waals surface area contributed by atoms with E-state index in [-0.39, 0.29) is 0 Å². The fourth-order valence-corrected chi connectivity index (χ4v) is 5.86. The third-order valence-electron chi connectivity index (χ3n) is 8.26. The van der Waals surface area contributed by atoms with Crippen LogP contribution in [0.15, 0.2) is 60.8 Å². The fraction of sp³-hybridized carbons (Fsp3) is 0.333. The predicted octanol–water partition coefficient (Wildman–Crippen LogP) is 5.82. The highest BCUT2D eigenvalue weighted by molar-refractivity contribution is 6.15. The van der Waals surface area contributed by atoms with E-state index in [0.717, 1.165) is 73.6 Å². The maximum absolute atomic E-state index is 6.20. The van der Waals surface area contributed by atoms with Crippen molar-refractivity contribution in [2.45, 2.75) is 13.0 Å². The number of fused-ring (bicyclic) bond motifs is 2. The van der Waals surface area contributed by atoms with Crippen molar-refractivity contribution in [2.24, 2.45) is 0 Å². The van der Waals surface area contributed by atoms with Gasteiger partial charge in [0, 0.05) is 120 Å². The summed E-state index contributed by atoms with van der Waals surface area (Å²) < 4.78 is 27.0. The van der Waals surface area contributed by atoms with E-state index in [1.807, 2.05) is 77.6 Å². The van der Waals surface area contributed by atoms with Gasteiger partial charge in [0.15, 0.2) is 6.54 Å². The van der Waals surface area contributed by atoms with Crippen LogP contribution in [0.4, 0.5) is 17.1 Å². The third-order valence-corrected chi connectivity index (χ3v) is 8.26. The number of pyridine rings is 2. The van der Waals surface area contributed by atoms with E-state index >= 15 is 0 Å². The molecule has 0 N–H and O–H groups in total. The molecule has 236 valence electrons. The SMILES string of the molecule is COc1cc(N(C)C)cc(OC)c1-c1c2c(OC)cc(N(C)C)cc2[n+](CCc2ccccn2)c2cc(N(C)C)cc(OC)c12. The summed E-state index contributed by atoms with van der Waals surface area (Å²) in [5.74, 6) is 2.84. The molecule has 2 heterocycles. The average molecular weight is 611 g/mol. The Morgan fingerprint density at radius 3 is 1.42 bits per heavy atom. The van der Waals surface area contributed by atoms with Gasteiger partial charge in [0.25, 0.3) is 0 Å². The summed E-state index contributed by atoms with van der Waals surface area (Å²) >= 11 is 0. The molecule has 0 unspecified atom stereocenters. The van der Waals surface area contributed by atoms with E-state index in [2.05, 4.69) is 49.7 Å². The third kappa shape index (κ3) is 5.82. The normalized spacial score (nSPS) is 11.1. The standard InChI is InChI=1S/C36H44N5O4/c1-38(2)24-17-27-33(29(19-24)42-7)36(35-31(44-9)21-26(40(5)6)22-32(35)45-10)34-28(18-25(39(3)4)20-30(34)43-8)41(27)16-14-23-13-11-12-15-37-23/h11-13,15,17-22H,14,16H2,1-10H3/q+1. The highest BCUT2D eigenvalue weighted by Crippen LogP contribution is 2.51. The average Bonchev–Trinajstić information content (AvgIpc) is 3.05. The van der Waals surface area contributed by atoms with E-state index in [9.17, 15) is 0 Å². The minimum absolute atomic E-state index is 0.679. The van der Waals surface area contributed by atoms with Crippen LogP contribution in [0.5, 0.6) is 23.0 Å². The lowest BCUT2D eigenvalue weighted by molar-refractivity contribution is -0.644. The van der Waals surface area contributed by atoms with E-state index in [1.54, 1.807) is 28.4 Å². The van der Waals surface area contributed by atoms with Crippen molar-refractivity contribution in [3.63, 3.8) is 0 Å². The lowest BCUT2D eigenvalue weighted by Gasteiger charge is -2.24. The van der Waals surface area contributed by atoms with Crippen LogP contribution < -0.4 is 38.2 Å². The molecule has 0 aliphatic rings. The zero-order valence-corrected chi connectivity index (χ0v) is 28.1. The van der Waals surface area contributed by atoms with E-state index in [0.29, 0.717) is 18.0 Å². The zero-order valence-electron chi connectivity index (χ0n) is 28.1. The molecular weight excluding hydrogens is 566 g/mol. The number of ether oxygens (including phenoxy) is 4. The summed E-state index contributed by atoms with van der Waals surface area (Å²) in [6.07, 6.45) is 2.58. The van der Waals surface area contributed by atoms with Crippen molar-refractivity contribution in [2.75, 3.05) is 85.4 Å². The van der Waals surface area contributed by atoms with Gasteiger partial charge in [-0.2, -0.15) is 4.57 Å². The highest BCUT2D eigenvalue weighted by Gasteiger charge is 2.32. The zero-order chi connectivity index (χ0) is 32.4. The maximum Gasteiger partial charge on any atom is 0.219 e. The molecule has 0 aliphatic heterocycles. The second-order valence-electron chi connectivity index (χ2n) is 11.6. The van der Waals surface area contributed by atoms with E-state index in [1.165, 1.54) is 0 Å². The molecule has 9 heteroatoms. The number of hydrogen-bond acceptors (Lipinski definition) is 8. The Morgan fingerprint density at radius 1 is 0.578 bits per heavy atom. The largest absolute Gasteiger partial charge is 0.496 e. The van der Waals surface area contributed by atoms with Crippen molar-refractivity contribution in [3.05, 3.63) is 66.5 Å². The van der Waals surface area contributed by atoms with Gasteiger partial charge < -0.3 is 33.6 Å². The number of hydrogen-bond donors (Lipinski definition) is 0. The summed E-state index contributed by atoms with van der Waals surface area (Å²) in [4.78, 5) is 10.9. The number of benzene rings is 3. The van der Waals surface area contributed by atoms with Gasteiger partial charge >= 0.3 is 0 Å². The van der Waals surface area contributed by atoms with Crippen LogP contribution in [-0.2, 0) is 13.0 Å². The maximum atomic E-state index is 6.20. The summed E-state index contributed by atoms with van der Waals surface area (Å²) in [6, 6.07) is 18.7. The Hall–Kier alpha value is -4.92. The molecule has 5 aromatic rings. The molecule has 5 rings (SSSR count). The molecule has 0 amide bonds. The Balaban J connectivity index is 2.05. The van der Waals surface area contributed by atoms with Crippen molar-refractivity contribution in [1.82, 2.24) is 4.98 Å². The van der Waals surface area contributed by atoms with Gasteiger partial charge in [0.05, 0.1) is 44.8 Å². The molecule has 0 aliphatic carbocycles. The topological polar surface area (TPSA) is 63.4 Å². The number of anilines is 3. The molecule has 0 radical (unpaired) electrons. The van der Waals surface area contributed by atoms with Crippen LogP contribution in [0.1, 0.15) is 5.69 Å². The molecule has 2 aromatic heterocycles. The fourth-order valence-electron chi connectivity index (χ4n) is 5.86. The van der Waals surface area contributed by atoms with Crippen LogP contribution in [0, 0.1) is 0 Å². The van der Waals surface area contributed by atoms with Crippen LogP contribution >= 0.6 is 0 Å². The monoisotopic (exact) mass is 610 g/mol. The molecule has 0 saturated heterocycles. The second kappa shape index (κ2) is 13.0. The van der Waals surface area contributed by atoms with Crippen LogP contribution in [0.25, 0.3) is 32.9 Å². The van der Waals surface area contributed by atoms with Crippen molar-refractivity contribution < 1.29 is 23.5 Å². The molecule has 0 fully saturated rings. The predicted molar refractivity (Wildman–Crippen MR) is 184 cm³/mol. The van der Waals surface area contributed by atoms with Crippen LogP contribution in [0.2, 0.25) is 0 Å². The first-order valence-corrected chi connectivity index (χ1v) is 14.9. The molecule has 0 saturated carbocycles. The first-order valence-electron chi connectivity index (χ1n) is 14.9. The van der Waals surface area contributed by atoms with Crippen LogP contribution in [-0.4, -0.2) is 75.7 Å². The number of rotatable bonds is 11. The Morgan fingerprint density at radius 2 is 1.02 bits per heavy atom. The lowest BCUT2D eigenvalue weighted by atomic mass is 9.92. The van der Waals surface area contributed by atoms with Gasteiger partial charge in [-0.15, -0.1) is 0 Å². The molecule has 45 heavy (non-hydrogen) atoms. The lowest BCUT2D eigenvalue weighted by Crippen LogP contribution is -2.37. The molecule has 0 spiro atoms. The van der Waals surface area contributed by atoms with Crippen molar-refractivity contribution in [3.8, 4) is 34.1 Å². The van der Waals surface area contributed by atoms with Crippen molar-refractivity contribution >= 4 is 38.9 Å². The number of aromatic nitrogens is 2.